The minimum absolute atomic E-state index is 0.00878. The monoisotopic (exact) mass is 444 g/mol. The number of carbonyl (C=O) groups excluding carboxylic acids is 1. The lowest BCUT2D eigenvalue weighted by Gasteiger charge is -2.03. The third-order valence-electron chi connectivity index (χ3n) is 3.96. The second-order valence-electron chi connectivity index (χ2n) is 6.18. The molecule has 0 bridgehead atoms. The van der Waals surface area contributed by atoms with E-state index in [0.29, 0.717) is 27.0 Å². The lowest BCUT2D eigenvalue weighted by Crippen LogP contribution is -2.11. The third kappa shape index (κ3) is 5.14. The smallest absolute Gasteiger partial charge is 0.270 e. The maximum atomic E-state index is 12.5. The SMILES string of the molecule is Cc1nc(Nc2ccc(S(N)(=O)=O)cc2)sc1C(=O)C=Cc1cccc([N+](=O)[O-])c1. The van der Waals surface area contributed by atoms with Crippen molar-refractivity contribution in [2.75, 3.05) is 5.32 Å². The van der Waals surface area contributed by atoms with E-state index in [0.717, 1.165) is 11.3 Å². The second kappa shape index (κ2) is 8.53. The van der Waals surface area contributed by atoms with Gasteiger partial charge in [0.1, 0.15) is 0 Å². The normalized spacial score (nSPS) is 11.5. The van der Waals surface area contributed by atoms with Crippen LogP contribution < -0.4 is 10.5 Å². The number of hydrogen-bond acceptors (Lipinski definition) is 8. The van der Waals surface area contributed by atoms with Gasteiger partial charge in [0, 0.05) is 17.8 Å². The zero-order valence-electron chi connectivity index (χ0n) is 15.6. The van der Waals surface area contributed by atoms with Crippen molar-refractivity contribution in [2.24, 2.45) is 5.14 Å². The number of carbonyl (C=O) groups is 1. The number of rotatable bonds is 7. The Morgan fingerprint density at radius 1 is 1.23 bits per heavy atom. The zero-order valence-corrected chi connectivity index (χ0v) is 17.2. The highest BCUT2D eigenvalue weighted by Gasteiger charge is 2.14. The molecule has 0 saturated heterocycles. The maximum absolute atomic E-state index is 12.5. The third-order valence-corrected chi connectivity index (χ3v) is 5.98. The number of sulfonamides is 1. The fraction of sp³-hybridized carbons (Fsp3) is 0.0526. The summed E-state index contributed by atoms with van der Waals surface area (Å²) in [7, 11) is -3.77. The Hall–Kier alpha value is -3.41. The zero-order chi connectivity index (χ0) is 21.9. The summed E-state index contributed by atoms with van der Waals surface area (Å²) in [6, 6.07) is 11.8. The molecule has 30 heavy (non-hydrogen) atoms. The summed E-state index contributed by atoms with van der Waals surface area (Å²) in [5.41, 5.74) is 1.59. The molecule has 0 aliphatic carbocycles. The summed E-state index contributed by atoms with van der Waals surface area (Å²) < 4.78 is 22.6. The first-order chi connectivity index (χ1) is 14.1. The number of nitrogens with one attached hydrogen (secondary N) is 1. The molecule has 2 aromatic carbocycles. The molecule has 3 aromatic rings. The van der Waals surface area contributed by atoms with Gasteiger partial charge >= 0.3 is 0 Å². The van der Waals surface area contributed by atoms with Crippen LogP contribution in [0.15, 0.2) is 59.5 Å². The molecule has 0 aliphatic heterocycles. The molecule has 0 fully saturated rings. The van der Waals surface area contributed by atoms with Gasteiger partial charge < -0.3 is 5.32 Å². The molecule has 0 atom stereocenters. The number of thiazole rings is 1. The molecule has 0 radical (unpaired) electrons. The van der Waals surface area contributed by atoms with E-state index < -0.39 is 14.9 Å². The second-order valence-corrected chi connectivity index (χ2v) is 8.74. The van der Waals surface area contributed by atoms with Crippen LogP contribution in [0.1, 0.15) is 20.9 Å². The van der Waals surface area contributed by atoms with Crippen LogP contribution in [-0.2, 0) is 10.0 Å². The molecule has 9 nitrogen and oxygen atoms in total. The van der Waals surface area contributed by atoms with Gasteiger partial charge in [-0.1, -0.05) is 29.5 Å². The van der Waals surface area contributed by atoms with Gasteiger partial charge in [0.2, 0.25) is 10.0 Å². The van der Waals surface area contributed by atoms with Crippen LogP contribution in [0.4, 0.5) is 16.5 Å². The number of nitrogens with two attached hydrogens (primary N) is 1. The van der Waals surface area contributed by atoms with Gasteiger partial charge in [0.15, 0.2) is 10.9 Å². The van der Waals surface area contributed by atoms with Gasteiger partial charge in [-0.05, 0) is 42.8 Å². The highest BCUT2D eigenvalue weighted by molar-refractivity contribution is 7.89. The number of aryl methyl sites for hydroxylation is 1. The topological polar surface area (TPSA) is 145 Å². The molecule has 0 spiro atoms. The van der Waals surface area contributed by atoms with Gasteiger partial charge in [-0.3, -0.25) is 14.9 Å². The number of primary sulfonamides is 1. The van der Waals surface area contributed by atoms with E-state index in [9.17, 15) is 23.3 Å². The maximum Gasteiger partial charge on any atom is 0.270 e. The number of anilines is 2. The number of hydrogen-bond donors (Lipinski definition) is 2. The molecule has 1 aromatic heterocycles. The number of nitro groups is 1. The van der Waals surface area contributed by atoms with Gasteiger partial charge in [-0.15, -0.1) is 0 Å². The van der Waals surface area contributed by atoms with Crippen molar-refractivity contribution >= 4 is 49.7 Å². The summed E-state index contributed by atoms with van der Waals surface area (Å²) in [6.45, 7) is 1.69. The Balaban J connectivity index is 1.74. The van der Waals surface area contributed by atoms with E-state index in [1.807, 2.05) is 0 Å². The molecule has 0 saturated carbocycles. The quantitative estimate of drug-likeness (QED) is 0.245. The number of benzene rings is 2. The summed E-state index contributed by atoms with van der Waals surface area (Å²) in [6.07, 6.45) is 2.85. The van der Waals surface area contributed by atoms with E-state index in [-0.39, 0.29) is 16.4 Å². The predicted octanol–water partition coefficient (Wildman–Crippen LogP) is 3.65. The predicted molar refractivity (Wildman–Crippen MR) is 114 cm³/mol. The van der Waals surface area contributed by atoms with Crippen molar-refractivity contribution in [1.29, 1.82) is 0 Å². The molecule has 154 valence electrons. The number of aromatic nitrogens is 1. The van der Waals surface area contributed by atoms with E-state index in [4.69, 9.17) is 5.14 Å². The molecular formula is C19H16N4O5S2. The molecule has 1 heterocycles. The van der Waals surface area contributed by atoms with E-state index in [2.05, 4.69) is 10.3 Å². The molecule has 3 rings (SSSR count). The van der Waals surface area contributed by atoms with Gasteiger partial charge in [-0.25, -0.2) is 18.5 Å². The summed E-state index contributed by atoms with van der Waals surface area (Å²) >= 11 is 1.14. The van der Waals surface area contributed by atoms with Crippen LogP contribution in [0.3, 0.4) is 0 Å². The van der Waals surface area contributed by atoms with Crippen LogP contribution in [0.2, 0.25) is 0 Å². The van der Waals surface area contributed by atoms with Crippen LogP contribution in [0.5, 0.6) is 0 Å². The van der Waals surface area contributed by atoms with E-state index in [1.54, 1.807) is 31.2 Å². The standard InChI is InChI=1S/C19H16N4O5S2/c1-12-18(17(24)10-5-13-3-2-4-15(11-13)23(25)26)29-19(21-12)22-14-6-8-16(9-7-14)30(20,27)28/h2-11H,1H3,(H,21,22)(H2,20,27,28). The van der Waals surface area contributed by atoms with Crippen LogP contribution in [0, 0.1) is 17.0 Å². The van der Waals surface area contributed by atoms with Crippen molar-refractivity contribution < 1.29 is 18.1 Å². The van der Waals surface area contributed by atoms with Crippen LogP contribution in [-0.4, -0.2) is 24.1 Å². The Morgan fingerprint density at radius 2 is 1.93 bits per heavy atom. The fourth-order valence-electron chi connectivity index (χ4n) is 2.52. The van der Waals surface area contributed by atoms with Crippen LogP contribution in [0.25, 0.3) is 6.08 Å². The largest absolute Gasteiger partial charge is 0.332 e. The lowest BCUT2D eigenvalue weighted by atomic mass is 10.1. The van der Waals surface area contributed by atoms with Crippen molar-refractivity contribution in [3.8, 4) is 0 Å². The number of ketones is 1. The average Bonchev–Trinajstić information content (AvgIpc) is 3.06. The highest BCUT2D eigenvalue weighted by atomic mass is 32.2. The first-order valence-electron chi connectivity index (χ1n) is 8.47. The molecule has 0 unspecified atom stereocenters. The van der Waals surface area contributed by atoms with Gasteiger partial charge in [0.05, 0.1) is 20.4 Å². The number of nitro benzene ring substituents is 1. The molecule has 3 N–H and O–H groups in total. The first-order valence-corrected chi connectivity index (χ1v) is 10.8. The summed E-state index contributed by atoms with van der Waals surface area (Å²) in [5, 5.41) is 19.4. The van der Waals surface area contributed by atoms with Crippen molar-refractivity contribution in [3.05, 3.63) is 80.9 Å². The van der Waals surface area contributed by atoms with Crippen molar-refractivity contribution in [1.82, 2.24) is 4.98 Å². The molecule has 0 amide bonds. The minimum Gasteiger partial charge on any atom is -0.332 e. The number of allylic oxidation sites excluding steroid dienone is 1. The Bertz CT molecular complexity index is 1250. The average molecular weight is 444 g/mol. The number of nitrogens with zero attached hydrogens (tertiary/aromatic N) is 2. The van der Waals surface area contributed by atoms with Gasteiger partial charge in [-0.2, -0.15) is 0 Å². The van der Waals surface area contributed by atoms with E-state index in [1.165, 1.54) is 36.4 Å². The minimum atomic E-state index is -3.77. The molecule has 11 heteroatoms. The lowest BCUT2D eigenvalue weighted by molar-refractivity contribution is -0.384. The summed E-state index contributed by atoms with van der Waals surface area (Å²) in [4.78, 5) is 27.6. The van der Waals surface area contributed by atoms with Crippen molar-refractivity contribution in [3.63, 3.8) is 0 Å². The fourth-order valence-corrected chi connectivity index (χ4v) is 3.94. The van der Waals surface area contributed by atoms with Crippen LogP contribution >= 0.6 is 11.3 Å². The highest BCUT2D eigenvalue weighted by Crippen LogP contribution is 2.27. The molecule has 0 aliphatic rings. The number of non-ortho nitro benzene ring substituents is 1. The van der Waals surface area contributed by atoms with E-state index >= 15 is 0 Å². The first kappa shape index (κ1) is 21.3. The Kier molecular flexibility index (Phi) is 6.06. The summed E-state index contributed by atoms with van der Waals surface area (Å²) in [5.74, 6) is -0.283. The van der Waals surface area contributed by atoms with Gasteiger partial charge in [0.25, 0.3) is 5.69 Å². The molecular weight excluding hydrogens is 428 g/mol. The Morgan fingerprint density at radius 3 is 2.57 bits per heavy atom. The Labute approximate surface area is 176 Å². The van der Waals surface area contributed by atoms with Crippen molar-refractivity contribution in [2.45, 2.75) is 11.8 Å².